The maximum Gasteiger partial charge on any atom is 0.261 e. The predicted octanol–water partition coefficient (Wildman–Crippen LogP) is 1.43. The number of halogens is 2. The van der Waals surface area contributed by atoms with Crippen LogP contribution in [0.5, 0.6) is 0 Å². The molecule has 5 nitrogen and oxygen atoms in total. The summed E-state index contributed by atoms with van der Waals surface area (Å²) in [5.41, 5.74) is 0.938. The monoisotopic (exact) mass is 304 g/mol. The van der Waals surface area contributed by atoms with Crippen molar-refractivity contribution in [3.63, 3.8) is 0 Å². The standard InChI is InChI=1S/C12H14F2N2O3S/c1-9-6-11(3-2-10(9)7-15)20(17,18)16-4-5-19-8-12(13)14/h2-3,6,12,16H,4-5,8H2,1H3. The first-order valence-electron chi connectivity index (χ1n) is 5.73. The Morgan fingerprint density at radius 1 is 1.45 bits per heavy atom. The van der Waals surface area contributed by atoms with Crippen molar-refractivity contribution < 1.29 is 21.9 Å². The Morgan fingerprint density at radius 2 is 2.15 bits per heavy atom. The van der Waals surface area contributed by atoms with Gasteiger partial charge in [-0.1, -0.05) is 0 Å². The van der Waals surface area contributed by atoms with E-state index in [4.69, 9.17) is 5.26 Å². The molecule has 0 aliphatic rings. The topological polar surface area (TPSA) is 79.2 Å². The van der Waals surface area contributed by atoms with Crippen LogP contribution in [-0.4, -0.2) is 34.6 Å². The summed E-state index contributed by atoms with van der Waals surface area (Å²) >= 11 is 0. The van der Waals surface area contributed by atoms with Gasteiger partial charge < -0.3 is 4.74 Å². The van der Waals surface area contributed by atoms with Crippen LogP contribution in [-0.2, 0) is 14.8 Å². The third-order valence-corrected chi connectivity index (χ3v) is 3.87. The molecule has 0 saturated carbocycles. The third-order valence-electron chi connectivity index (χ3n) is 2.41. The van der Waals surface area contributed by atoms with Gasteiger partial charge in [0.2, 0.25) is 10.0 Å². The van der Waals surface area contributed by atoms with Crippen molar-refractivity contribution in [2.24, 2.45) is 0 Å². The van der Waals surface area contributed by atoms with E-state index in [1.54, 1.807) is 6.92 Å². The summed E-state index contributed by atoms with van der Waals surface area (Å²) in [6.07, 6.45) is -2.58. The molecule has 0 heterocycles. The lowest BCUT2D eigenvalue weighted by Gasteiger charge is -2.08. The first-order chi connectivity index (χ1) is 9.36. The number of hydrogen-bond acceptors (Lipinski definition) is 4. The SMILES string of the molecule is Cc1cc(S(=O)(=O)NCCOCC(F)F)ccc1C#N. The van der Waals surface area contributed by atoms with E-state index in [0.717, 1.165) is 0 Å². The lowest BCUT2D eigenvalue weighted by atomic mass is 10.1. The lowest BCUT2D eigenvalue weighted by molar-refractivity contribution is 0.0199. The molecule has 0 aromatic heterocycles. The second kappa shape index (κ2) is 7.28. The zero-order valence-electron chi connectivity index (χ0n) is 10.8. The Hall–Kier alpha value is -1.56. The minimum atomic E-state index is -3.74. The number of hydrogen-bond donors (Lipinski definition) is 1. The van der Waals surface area contributed by atoms with Gasteiger partial charge in [0.05, 0.1) is 23.1 Å². The molecule has 0 saturated heterocycles. The lowest BCUT2D eigenvalue weighted by Crippen LogP contribution is -2.28. The third kappa shape index (κ3) is 4.85. The van der Waals surface area contributed by atoms with Crippen molar-refractivity contribution in [3.05, 3.63) is 29.3 Å². The molecule has 0 fully saturated rings. The smallest absolute Gasteiger partial charge is 0.261 e. The average Bonchev–Trinajstić information content (AvgIpc) is 2.37. The van der Waals surface area contributed by atoms with Gasteiger partial charge in [0, 0.05) is 6.54 Å². The number of benzene rings is 1. The normalized spacial score (nSPS) is 11.6. The number of nitrogens with one attached hydrogen (secondary N) is 1. The van der Waals surface area contributed by atoms with Gasteiger partial charge in [-0.15, -0.1) is 0 Å². The van der Waals surface area contributed by atoms with Crippen LogP contribution >= 0.6 is 0 Å². The minimum Gasteiger partial charge on any atom is -0.374 e. The average molecular weight is 304 g/mol. The molecule has 0 atom stereocenters. The van der Waals surface area contributed by atoms with E-state index >= 15 is 0 Å². The predicted molar refractivity (Wildman–Crippen MR) is 67.9 cm³/mol. The van der Waals surface area contributed by atoms with Crippen LogP contribution < -0.4 is 4.72 Å². The number of aryl methyl sites for hydroxylation is 1. The molecule has 110 valence electrons. The van der Waals surface area contributed by atoms with Gasteiger partial charge in [-0.25, -0.2) is 21.9 Å². The van der Waals surface area contributed by atoms with E-state index in [1.165, 1.54) is 18.2 Å². The fourth-order valence-electron chi connectivity index (χ4n) is 1.43. The van der Waals surface area contributed by atoms with Crippen molar-refractivity contribution in [1.82, 2.24) is 4.72 Å². The van der Waals surface area contributed by atoms with Crippen LogP contribution in [0.2, 0.25) is 0 Å². The highest BCUT2D eigenvalue weighted by Gasteiger charge is 2.14. The van der Waals surface area contributed by atoms with Gasteiger partial charge >= 0.3 is 0 Å². The molecule has 20 heavy (non-hydrogen) atoms. The van der Waals surface area contributed by atoms with E-state index in [1.807, 2.05) is 6.07 Å². The molecule has 1 aromatic rings. The molecule has 0 unspecified atom stereocenters. The minimum absolute atomic E-state index is 0.0165. The van der Waals surface area contributed by atoms with Crippen LogP contribution in [0, 0.1) is 18.3 Å². The molecule has 1 N–H and O–H groups in total. The van der Waals surface area contributed by atoms with Crippen molar-refractivity contribution in [1.29, 1.82) is 5.26 Å². The molecule has 1 aromatic carbocycles. The number of ether oxygens (including phenoxy) is 1. The Morgan fingerprint density at radius 3 is 2.70 bits per heavy atom. The molecule has 0 spiro atoms. The van der Waals surface area contributed by atoms with Crippen molar-refractivity contribution in [2.45, 2.75) is 18.2 Å². The zero-order chi connectivity index (χ0) is 15.2. The molecule has 8 heteroatoms. The number of alkyl halides is 2. The number of rotatable bonds is 7. The number of nitrogens with zero attached hydrogens (tertiary/aromatic N) is 1. The Labute approximate surface area is 116 Å². The maximum atomic E-state index is 11.9. The highest BCUT2D eigenvalue weighted by Crippen LogP contribution is 2.14. The summed E-state index contributed by atoms with van der Waals surface area (Å²) in [4.78, 5) is 0.0165. The fraction of sp³-hybridized carbons (Fsp3) is 0.417. The van der Waals surface area contributed by atoms with Crippen molar-refractivity contribution in [2.75, 3.05) is 19.8 Å². The van der Waals surface area contributed by atoms with Gasteiger partial charge in [-0.05, 0) is 30.7 Å². The molecule has 1 rings (SSSR count). The van der Waals surface area contributed by atoms with Gasteiger partial charge in [0.15, 0.2) is 0 Å². The molecule has 0 bridgehead atoms. The summed E-state index contributed by atoms with van der Waals surface area (Å²) in [7, 11) is -3.74. The van der Waals surface area contributed by atoms with Crippen molar-refractivity contribution in [3.8, 4) is 6.07 Å². The first-order valence-corrected chi connectivity index (χ1v) is 7.21. The summed E-state index contributed by atoms with van der Waals surface area (Å²) < 4.78 is 54.1. The van der Waals surface area contributed by atoms with E-state index in [0.29, 0.717) is 11.1 Å². The van der Waals surface area contributed by atoms with Gasteiger partial charge in [-0.2, -0.15) is 5.26 Å². The molecular formula is C12H14F2N2O3S. The molecule has 0 radical (unpaired) electrons. The first kappa shape index (κ1) is 16.5. The van der Waals surface area contributed by atoms with Gasteiger partial charge in [0.1, 0.15) is 6.61 Å². The highest BCUT2D eigenvalue weighted by molar-refractivity contribution is 7.89. The van der Waals surface area contributed by atoms with Crippen LogP contribution in [0.1, 0.15) is 11.1 Å². The Bertz CT molecular complexity index is 597. The molecular weight excluding hydrogens is 290 g/mol. The van der Waals surface area contributed by atoms with E-state index < -0.39 is 23.1 Å². The zero-order valence-corrected chi connectivity index (χ0v) is 11.6. The maximum absolute atomic E-state index is 11.9. The van der Waals surface area contributed by atoms with Crippen LogP contribution in [0.25, 0.3) is 0 Å². The molecule has 0 amide bonds. The quantitative estimate of drug-likeness (QED) is 0.773. The van der Waals surface area contributed by atoms with E-state index in [2.05, 4.69) is 9.46 Å². The summed E-state index contributed by atoms with van der Waals surface area (Å²) in [6.45, 7) is 0.661. The Balaban J connectivity index is 2.61. The van der Waals surface area contributed by atoms with Crippen molar-refractivity contribution >= 4 is 10.0 Å². The number of sulfonamides is 1. The largest absolute Gasteiger partial charge is 0.374 e. The van der Waals surface area contributed by atoms with Crippen LogP contribution in [0.4, 0.5) is 8.78 Å². The second-order valence-electron chi connectivity index (χ2n) is 3.95. The summed E-state index contributed by atoms with van der Waals surface area (Å²) in [5.74, 6) is 0. The van der Waals surface area contributed by atoms with Crippen LogP contribution in [0.3, 0.4) is 0 Å². The van der Waals surface area contributed by atoms with Crippen LogP contribution in [0.15, 0.2) is 23.1 Å². The van der Waals surface area contributed by atoms with E-state index in [-0.39, 0.29) is 18.0 Å². The Kier molecular flexibility index (Phi) is 6.01. The van der Waals surface area contributed by atoms with Gasteiger partial charge in [0.25, 0.3) is 6.43 Å². The highest BCUT2D eigenvalue weighted by atomic mass is 32.2. The molecule has 0 aliphatic heterocycles. The van der Waals surface area contributed by atoms with E-state index in [9.17, 15) is 17.2 Å². The van der Waals surface area contributed by atoms with Gasteiger partial charge in [-0.3, -0.25) is 0 Å². The second-order valence-corrected chi connectivity index (χ2v) is 5.72. The molecule has 0 aliphatic carbocycles. The summed E-state index contributed by atoms with van der Waals surface area (Å²) in [6, 6.07) is 6.04. The number of nitriles is 1. The summed E-state index contributed by atoms with van der Waals surface area (Å²) in [5, 5.41) is 8.76. The fourth-order valence-corrected chi connectivity index (χ4v) is 2.53.